The van der Waals surface area contributed by atoms with E-state index in [0.717, 1.165) is 12.0 Å². The standard InChI is InChI=1S/C18H24N2O4S/c1-18(2)17(22)19-13(10-25-18)16(21)20-6-5-11-7-14(23-3)15(24-4)8-12(11)9-20/h7-8,13H,5-6,9-10H2,1-4H3,(H,19,22)/t13-/m0/s1. The highest BCUT2D eigenvalue weighted by Gasteiger charge is 2.39. The number of nitrogens with one attached hydrogen (secondary N) is 1. The molecule has 7 heteroatoms. The third kappa shape index (κ3) is 3.42. The monoisotopic (exact) mass is 364 g/mol. The van der Waals surface area contributed by atoms with Crippen molar-refractivity contribution in [2.24, 2.45) is 0 Å². The molecule has 0 aromatic heterocycles. The SMILES string of the molecule is COc1cc2c(cc1OC)CN(C(=O)[C@@H]1CSC(C)(C)C(=O)N1)CC2. The lowest BCUT2D eigenvalue weighted by molar-refractivity contribution is -0.137. The van der Waals surface area contributed by atoms with Crippen molar-refractivity contribution >= 4 is 23.6 Å². The first-order valence-electron chi connectivity index (χ1n) is 8.33. The summed E-state index contributed by atoms with van der Waals surface area (Å²) in [5.41, 5.74) is 2.23. The number of nitrogens with zero attached hydrogens (tertiary/aromatic N) is 1. The van der Waals surface area contributed by atoms with Crippen LogP contribution >= 0.6 is 11.8 Å². The van der Waals surface area contributed by atoms with Crippen molar-refractivity contribution in [3.05, 3.63) is 23.3 Å². The summed E-state index contributed by atoms with van der Waals surface area (Å²) in [7, 11) is 3.22. The first kappa shape index (κ1) is 17.9. The van der Waals surface area contributed by atoms with Crippen LogP contribution in [0.2, 0.25) is 0 Å². The number of carbonyl (C=O) groups is 2. The Bertz CT molecular complexity index is 705. The molecule has 0 unspecified atom stereocenters. The second kappa shape index (κ2) is 6.78. The van der Waals surface area contributed by atoms with Crippen LogP contribution < -0.4 is 14.8 Å². The summed E-state index contributed by atoms with van der Waals surface area (Å²) in [6.07, 6.45) is 0.765. The Kier molecular flexibility index (Phi) is 4.86. The number of benzene rings is 1. The zero-order chi connectivity index (χ0) is 18.2. The Morgan fingerprint density at radius 3 is 2.48 bits per heavy atom. The van der Waals surface area contributed by atoms with Crippen molar-refractivity contribution in [3.63, 3.8) is 0 Å². The van der Waals surface area contributed by atoms with Crippen LogP contribution in [-0.2, 0) is 22.6 Å². The molecule has 1 atom stereocenters. The molecule has 0 radical (unpaired) electrons. The molecule has 2 amide bonds. The van der Waals surface area contributed by atoms with Crippen molar-refractivity contribution in [3.8, 4) is 11.5 Å². The van der Waals surface area contributed by atoms with E-state index in [2.05, 4.69) is 5.32 Å². The maximum atomic E-state index is 12.8. The molecular formula is C18H24N2O4S. The summed E-state index contributed by atoms with van der Waals surface area (Å²) in [5, 5.41) is 2.87. The molecule has 1 fully saturated rings. The minimum absolute atomic E-state index is 0.0169. The van der Waals surface area contributed by atoms with Gasteiger partial charge in [0.05, 0.1) is 19.0 Å². The quantitative estimate of drug-likeness (QED) is 0.882. The van der Waals surface area contributed by atoms with Crippen LogP contribution in [0.4, 0.5) is 0 Å². The zero-order valence-corrected chi connectivity index (χ0v) is 15.9. The van der Waals surface area contributed by atoms with Crippen LogP contribution in [0.3, 0.4) is 0 Å². The van der Waals surface area contributed by atoms with Gasteiger partial charge in [-0.15, -0.1) is 11.8 Å². The molecule has 0 spiro atoms. The molecular weight excluding hydrogens is 340 g/mol. The third-order valence-electron chi connectivity index (χ3n) is 4.79. The van der Waals surface area contributed by atoms with Gasteiger partial charge in [0.25, 0.3) is 0 Å². The van der Waals surface area contributed by atoms with Crippen LogP contribution in [0.1, 0.15) is 25.0 Å². The summed E-state index contributed by atoms with van der Waals surface area (Å²) in [6.45, 7) is 4.92. The normalized spacial score (nSPS) is 22.0. The van der Waals surface area contributed by atoms with Gasteiger partial charge in [-0.2, -0.15) is 0 Å². The summed E-state index contributed by atoms with van der Waals surface area (Å²) in [6, 6.07) is 3.47. The summed E-state index contributed by atoms with van der Waals surface area (Å²) in [5.74, 6) is 1.88. The van der Waals surface area contributed by atoms with Crippen LogP contribution in [0.15, 0.2) is 12.1 Å². The Balaban J connectivity index is 1.74. The molecule has 1 saturated heterocycles. The van der Waals surface area contributed by atoms with E-state index in [1.54, 1.807) is 14.2 Å². The average molecular weight is 364 g/mol. The molecule has 1 N–H and O–H groups in total. The maximum absolute atomic E-state index is 12.8. The highest BCUT2D eigenvalue weighted by atomic mass is 32.2. The highest BCUT2D eigenvalue weighted by molar-refractivity contribution is 8.01. The fourth-order valence-electron chi connectivity index (χ4n) is 3.16. The number of thioether (sulfide) groups is 1. The van der Waals surface area contributed by atoms with Crippen molar-refractivity contribution in [2.75, 3.05) is 26.5 Å². The minimum atomic E-state index is -0.477. The second-order valence-electron chi connectivity index (χ2n) is 6.83. The van der Waals surface area contributed by atoms with Crippen LogP contribution in [0.25, 0.3) is 0 Å². The van der Waals surface area contributed by atoms with Crippen LogP contribution in [0.5, 0.6) is 11.5 Å². The lowest BCUT2D eigenvalue weighted by atomic mass is 9.98. The number of rotatable bonds is 3. The van der Waals surface area contributed by atoms with Gasteiger partial charge < -0.3 is 19.7 Å². The van der Waals surface area contributed by atoms with E-state index in [0.29, 0.717) is 30.3 Å². The number of carbonyl (C=O) groups excluding carboxylic acids is 2. The largest absolute Gasteiger partial charge is 0.493 e. The summed E-state index contributed by atoms with van der Waals surface area (Å²) >= 11 is 1.53. The van der Waals surface area contributed by atoms with E-state index < -0.39 is 10.8 Å². The van der Waals surface area contributed by atoms with Gasteiger partial charge >= 0.3 is 0 Å². The first-order valence-corrected chi connectivity index (χ1v) is 9.31. The van der Waals surface area contributed by atoms with Crippen molar-refractivity contribution < 1.29 is 19.1 Å². The fourth-order valence-corrected chi connectivity index (χ4v) is 4.15. The second-order valence-corrected chi connectivity index (χ2v) is 8.48. The number of ether oxygens (including phenoxy) is 2. The molecule has 25 heavy (non-hydrogen) atoms. The van der Waals surface area contributed by atoms with Crippen molar-refractivity contribution in [1.82, 2.24) is 10.2 Å². The molecule has 0 bridgehead atoms. The first-order chi connectivity index (χ1) is 11.9. The van der Waals surface area contributed by atoms with Crippen LogP contribution in [-0.4, -0.2) is 54.0 Å². The Morgan fingerprint density at radius 1 is 1.24 bits per heavy atom. The predicted molar refractivity (Wildman–Crippen MR) is 97.1 cm³/mol. The topological polar surface area (TPSA) is 67.9 Å². The van der Waals surface area contributed by atoms with E-state index in [1.807, 2.05) is 30.9 Å². The fraction of sp³-hybridized carbons (Fsp3) is 0.556. The molecule has 2 aliphatic heterocycles. The molecule has 2 aliphatic rings. The van der Waals surface area contributed by atoms with E-state index in [-0.39, 0.29) is 11.8 Å². The molecule has 0 saturated carbocycles. The molecule has 6 nitrogen and oxygen atoms in total. The maximum Gasteiger partial charge on any atom is 0.246 e. The van der Waals surface area contributed by atoms with Gasteiger partial charge in [0, 0.05) is 18.8 Å². The van der Waals surface area contributed by atoms with Gasteiger partial charge in [0.2, 0.25) is 11.8 Å². The molecule has 3 rings (SSSR count). The summed E-state index contributed by atoms with van der Waals surface area (Å²) < 4.78 is 10.2. The van der Waals surface area contributed by atoms with Crippen molar-refractivity contribution in [1.29, 1.82) is 0 Å². The van der Waals surface area contributed by atoms with Crippen molar-refractivity contribution in [2.45, 2.75) is 37.6 Å². The van der Waals surface area contributed by atoms with E-state index in [9.17, 15) is 9.59 Å². The number of fused-ring (bicyclic) bond motifs is 1. The number of methoxy groups -OCH3 is 2. The molecule has 0 aliphatic carbocycles. The zero-order valence-electron chi connectivity index (χ0n) is 15.0. The summed E-state index contributed by atoms with van der Waals surface area (Å²) in [4.78, 5) is 26.8. The van der Waals surface area contributed by atoms with Gasteiger partial charge in [-0.3, -0.25) is 9.59 Å². The smallest absolute Gasteiger partial charge is 0.246 e. The number of amides is 2. The number of hydrogen-bond acceptors (Lipinski definition) is 5. The van der Waals surface area contributed by atoms with Gasteiger partial charge in [-0.1, -0.05) is 0 Å². The van der Waals surface area contributed by atoms with E-state index >= 15 is 0 Å². The molecule has 136 valence electrons. The highest BCUT2D eigenvalue weighted by Crippen LogP contribution is 2.34. The molecule has 1 aromatic rings. The molecule has 2 heterocycles. The van der Waals surface area contributed by atoms with Gasteiger partial charge in [-0.05, 0) is 43.5 Å². The Labute approximate surface area is 152 Å². The molecule has 1 aromatic carbocycles. The van der Waals surface area contributed by atoms with Gasteiger partial charge in [0.15, 0.2) is 11.5 Å². The van der Waals surface area contributed by atoms with Crippen LogP contribution in [0, 0.1) is 0 Å². The Hall–Kier alpha value is -1.89. The lowest BCUT2D eigenvalue weighted by Crippen LogP contribution is -2.58. The van der Waals surface area contributed by atoms with Gasteiger partial charge in [-0.25, -0.2) is 0 Å². The minimum Gasteiger partial charge on any atom is -0.493 e. The average Bonchev–Trinajstić information content (AvgIpc) is 2.61. The lowest BCUT2D eigenvalue weighted by Gasteiger charge is -2.37. The Morgan fingerprint density at radius 2 is 1.88 bits per heavy atom. The third-order valence-corrected chi connectivity index (χ3v) is 6.20. The predicted octanol–water partition coefficient (Wildman–Crippen LogP) is 1.60. The van der Waals surface area contributed by atoms with Gasteiger partial charge in [0.1, 0.15) is 6.04 Å². The number of hydrogen-bond donors (Lipinski definition) is 1. The van der Waals surface area contributed by atoms with E-state index in [4.69, 9.17) is 9.47 Å². The van der Waals surface area contributed by atoms with E-state index in [1.165, 1.54) is 17.3 Å².